The Balaban J connectivity index is 1.95. The van der Waals surface area contributed by atoms with Crippen LogP contribution in [0.5, 0.6) is 0 Å². The maximum absolute atomic E-state index is 11.3. The van der Waals surface area contributed by atoms with Crippen LogP contribution in [0.4, 0.5) is 0 Å². The third-order valence-corrected chi connectivity index (χ3v) is 3.98. The predicted octanol–water partition coefficient (Wildman–Crippen LogP) is 0.289. The quantitative estimate of drug-likeness (QED) is 0.724. The van der Waals surface area contributed by atoms with E-state index in [9.17, 15) is 9.90 Å². The first-order valence-corrected chi connectivity index (χ1v) is 6.33. The number of hydrogen-bond donors (Lipinski definition) is 2. The molecular formula is C12H22N2O3. The van der Waals surface area contributed by atoms with Crippen LogP contribution in [0.1, 0.15) is 25.7 Å². The van der Waals surface area contributed by atoms with E-state index in [-0.39, 0.29) is 12.0 Å². The Kier molecular flexibility index (Phi) is 3.70. The summed E-state index contributed by atoms with van der Waals surface area (Å²) < 4.78 is 5.34. The lowest BCUT2D eigenvalue weighted by Crippen LogP contribution is -2.59. The van der Waals surface area contributed by atoms with E-state index in [1.807, 2.05) is 0 Å². The molecule has 5 nitrogen and oxygen atoms in total. The highest BCUT2D eigenvalue weighted by Crippen LogP contribution is 2.39. The van der Waals surface area contributed by atoms with Crippen molar-refractivity contribution in [1.82, 2.24) is 4.90 Å². The zero-order valence-electron chi connectivity index (χ0n) is 10.4. The Morgan fingerprint density at radius 2 is 2.24 bits per heavy atom. The Bertz CT molecular complexity index is 293. The average Bonchev–Trinajstić information content (AvgIpc) is 3.13. The van der Waals surface area contributed by atoms with Gasteiger partial charge in [0.15, 0.2) is 0 Å². The van der Waals surface area contributed by atoms with E-state index < -0.39 is 11.5 Å². The molecule has 3 N–H and O–H groups in total. The predicted molar refractivity (Wildman–Crippen MR) is 63.7 cm³/mol. The second-order valence-electron chi connectivity index (χ2n) is 5.35. The van der Waals surface area contributed by atoms with Crippen molar-refractivity contribution in [1.29, 1.82) is 0 Å². The van der Waals surface area contributed by atoms with E-state index in [4.69, 9.17) is 10.5 Å². The van der Waals surface area contributed by atoms with Crippen molar-refractivity contribution < 1.29 is 14.6 Å². The number of nitrogens with zero attached hydrogens (tertiary/aromatic N) is 1. The molecule has 2 fully saturated rings. The molecule has 98 valence electrons. The van der Waals surface area contributed by atoms with Crippen molar-refractivity contribution >= 4 is 5.97 Å². The molecule has 0 amide bonds. The van der Waals surface area contributed by atoms with Crippen molar-refractivity contribution in [3.8, 4) is 0 Å². The number of rotatable bonds is 5. The molecule has 2 rings (SSSR count). The maximum Gasteiger partial charge on any atom is 0.325 e. The number of nitrogens with two attached hydrogens (primary N) is 1. The van der Waals surface area contributed by atoms with Gasteiger partial charge < -0.3 is 15.6 Å². The summed E-state index contributed by atoms with van der Waals surface area (Å²) >= 11 is 0. The SMILES string of the molecule is COC1CCCN(CC(N)(C(=O)O)C2CC2)C1. The fourth-order valence-electron chi connectivity index (χ4n) is 2.69. The van der Waals surface area contributed by atoms with Gasteiger partial charge in [-0.05, 0) is 38.1 Å². The number of hydrogen-bond acceptors (Lipinski definition) is 4. The van der Waals surface area contributed by atoms with Gasteiger partial charge in [-0.2, -0.15) is 0 Å². The Labute approximate surface area is 102 Å². The lowest BCUT2D eigenvalue weighted by Gasteiger charge is -2.37. The van der Waals surface area contributed by atoms with Gasteiger partial charge in [0.05, 0.1) is 6.10 Å². The lowest BCUT2D eigenvalue weighted by atomic mass is 9.92. The van der Waals surface area contributed by atoms with Crippen LogP contribution in [-0.2, 0) is 9.53 Å². The standard InChI is InChI=1S/C12H22N2O3/c1-17-10-3-2-6-14(7-10)8-12(13,11(15)16)9-4-5-9/h9-10H,2-8,13H2,1H3,(H,15,16). The van der Waals surface area contributed by atoms with Crippen LogP contribution >= 0.6 is 0 Å². The van der Waals surface area contributed by atoms with Gasteiger partial charge in [0, 0.05) is 20.2 Å². The number of ether oxygens (including phenoxy) is 1. The zero-order chi connectivity index (χ0) is 12.5. The van der Waals surface area contributed by atoms with E-state index in [1.165, 1.54) is 0 Å². The van der Waals surface area contributed by atoms with E-state index in [1.54, 1.807) is 7.11 Å². The molecule has 1 aliphatic heterocycles. The molecule has 0 aromatic rings. The third kappa shape index (κ3) is 2.78. The smallest absolute Gasteiger partial charge is 0.325 e. The van der Waals surface area contributed by atoms with Crippen LogP contribution in [0.25, 0.3) is 0 Å². The van der Waals surface area contributed by atoms with Crippen molar-refractivity contribution in [3.63, 3.8) is 0 Å². The van der Waals surface area contributed by atoms with Gasteiger partial charge >= 0.3 is 5.97 Å². The average molecular weight is 242 g/mol. The summed E-state index contributed by atoms with van der Waals surface area (Å²) in [5.41, 5.74) is 5.02. The van der Waals surface area contributed by atoms with Crippen molar-refractivity contribution in [2.45, 2.75) is 37.3 Å². The summed E-state index contributed by atoms with van der Waals surface area (Å²) in [5.74, 6) is -0.706. The summed E-state index contributed by atoms with van der Waals surface area (Å²) in [5, 5.41) is 9.31. The van der Waals surface area contributed by atoms with Crippen LogP contribution < -0.4 is 5.73 Å². The highest BCUT2D eigenvalue weighted by Gasteiger charge is 2.49. The van der Waals surface area contributed by atoms with Crippen molar-refractivity contribution in [2.24, 2.45) is 11.7 Å². The second kappa shape index (κ2) is 4.92. The zero-order valence-corrected chi connectivity index (χ0v) is 10.4. The third-order valence-electron chi connectivity index (χ3n) is 3.98. The van der Waals surface area contributed by atoms with Gasteiger partial charge in [-0.25, -0.2) is 0 Å². The highest BCUT2D eigenvalue weighted by atomic mass is 16.5. The van der Waals surface area contributed by atoms with Crippen LogP contribution in [0.15, 0.2) is 0 Å². The number of carboxylic acid groups (broad SMARTS) is 1. The van der Waals surface area contributed by atoms with Gasteiger partial charge in [0.1, 0.15) is 5.54 Å². The monoisotopic (exact) mass is 242 g/mol. The fraction of sp³-hybridized carbons (Fsp3) is 0.917. The van der Waals surface area contributed by atoms with Crippen molar-refractivity contribution in [2.75, 3.05) is 26.7 Å². The normalized spacial score (nSPS) is 29.9. The minimum atomic E-state index is -1.06. The Morgan fingerprint density at radius 3 is 2.76 bits per heavy atom. The molecule has 0 aromatic heterocycles. The molecule has 2 unspecified atom stereocenters. The summed E-state index contributed by atoms with van der Waals surface area (Å²) in [6.45, 7) is 2.18. The molecule has 0 radical (unpaired) electrons. The van der Waals surface area contributed by atoms with Gasteiger partial charge in [0.25, 0.3) is 0 Å². The highest BCUT2D eigenvalue weighted by molar-refractivity contribution is 5.79. The molecule has 0 aromatic carbocycles. The number of likely N-dealkylation sites (tertiary alicyclic amines) is 1. The maximum atomic E-state index is 11.3. The van der Waals surface area contributed by atoms with Crippen molar-refractivity contribution in [3.05, 3.63) is 0 Å². The number of carboxylic acids is 1. The molecule has 5 heteroatoms. The summed E-state index contributed by atoms with van der Waals surface area (Å²) in [4.78, 5) is 13.5. The minimum absolute atomic E-state index is 0.155. The molecule has 1 aliphatic carbocycles. The van der Waals surface area contributed by atoms with E-state index in [0.717, 1.165) is 38.8 Å². The number of methoxy groups -OCH3 is 1. The summed E-state index contributed by atoms with van der Waals surface area (Å²) in [6, 6.07) is 0. The minimum Gasteiger partial charge on any atom is -0.480 e. The number of piperidine rings is 1. The summed E-state index contributed by atoms with van der Waals surface area (Å²) in [6.07, 6.45) is 4.23. The Morgan fingerprint density at radius 1 is 1.53 bits per heavy atom. The van der Waals surface area contributed by atoms with Crippen LogP contribution in [0.3, 0.4) is 0 Å². The number of carbonyl (C=O) groups is 1. The van der Waals surface area contributed by atoms with Crippen LogP contribution in [-0.4, -0.2) is 54.4 Å². The second-order valence-corrected chi connectivity index (χ2v) is 5.35. The van der Waals surface area contributed by atoms with Gasteiger partial charge in [-0.1, -0.05) is 0 Å². The molecule has 2 aliphatic rings. The van der Waals surface area contributed by atoms with E-state index in [2.05, 4.69) is 4.90 Å². The first-order chi connectivity index (χ1) is 8.06. The van der Waals surface area contributed by atoms with E-state index in [0.29, 0.717) is 6.54 Å². The van der Waals surface area contributed by atoms with Gasteiger partial charge in [-0.3, -0.25) is 9.69 Å². The lowest BCUT2D eigenvalue weighted by molar-refractivity contribution is -0.145. The molecule has 17 heavy (non-hydrogen) atoms. The Hall–Kier alpha value is -0.650. The largest absolute Gasteiger partial charge is 0.480 e. The first-order valence-electron chi connectivity index (χ1n) is 6.33. The molecule has 1 saturated heterocycles. The van der Waals surface area contributed by atoms with E-state index >= 15 is 0 Å². The molecular weight excluding hydrogens is 220 g/mol. The molecule has 0 bridgehead atoms. The van der Waals surface area contributed by atoms with Gasteiger partial charge in [0.2, 0.25) is 0 Å². The molecule has 2 atom stereocenters. The topological polar surface area (TPSA) is 75.8 Å². The summed E-state index contributed by atoms with van der Waals surface area (Å²) in [7, 11) is 1.71. The fourth-order valence-corrected chi connectivity index (χ4v) is 2.69. The first kappa shape index (κ1) is 12.8. The molecule has 0 spiro atoms. The molecule has 1 heterocycles. The molecule has 1 saturated carbocycles. The van der Waals surface area contributed by atoms with Gasteiger partial charge in [-0.15, -0.1) is 0 Å². The number of aliphatic carboxylic acids is 1. The van der Waals surface area contributed by atoms with Crippen LogP contribution in [0.2, 0.25) is 0 Å². The van der Waals surface area contributed by atoms with Crippen LogP contribution in [0, 0.1) is 5.92 Å².